The first kappa shape index (κ1) is 13.8. The number of likely N-dealkylation sites (N-methyl/N-ethyl adjacent to an activating group) is 1. The second-order valence-corrected chi connectivity index (χ2v) is 5.04. The number of nitrogens with zero attached hydrogens (tertiary/aromatic N) is 1. The molecule has 1 saturated heterocycles. The molecule has 0 spiro atoms. The van der Waals surface area contributed by atoms with Crippen LogP contribution in [0.15, 0.2) is 12.1 Å². The molecule has 1 fully saturated rings. The Morgan fingerprint density at radius 1 is 1.26 bits per heavy atom. The van der Waals surface area contributed by atoms with Gasteiger partial charge in [0, 0.05) is 24.7 Å². The molecule has 1 heterocycles. The van der Waals surface area contributed by atoms with Gasteiger partial charge in [0.25, 0.3) is 0 Å². The van der Waals surface area contributed by atoms with Crippen LogP contribution in [0.25, 0.3) is 0 Å². The molecule has 0 saturated carbocycles. The predicted molar refractivity (Wildman–Crippen MR) is 78.1 cm³/mol. The van der Waals surface area contributed by atoms with E-state index in [-0.39, 0.29) is 0 Å². The molecule has 0 radical (unpaired) electrons. The van der Waals surface area contributed by atoms with Gasteiger partial charge < -0.3 is 25.4 Å². The number of methoxy groups -OCH3 is 2. The van der Waals surface area contributed by atoms with Crippen molar-refractivity contribution in [2.24, 2.45) is 0 Å². The summed E-state index contributed by atoms with van der Waals surface area (Å²) in [5.41, 5.74) is 7.66. The van der Waals surface area contributed by atoms with E-state index in [2.05, 4.69) is 17.3 Å². The van der Waals surface area contributed by atoms with Crippen LogP contribution >= 0.6 is 0 Å². The molecule has 1 unspecified atom stereocenters. The lowest BCUT2D eigenvalue weighted by atomic mass is 10.1. The second-order valence-electron chi connectivity index (χ2n) is 5.04. The minimum atomic E-state index is 0.430. The van der Waals surface area contributed by atoms with Crippen molar-refractivity contribution < 1.29 is 9.47 Å². The maximum atomic E-state index is 6.06. The van der Waals surface area contributed by atoms with E-state index in [0.717, 1.165) is 18.7 Å². The van der Waals surface area contributed by atoms with Crippen molar-refractivity contribution in [3.05, 3.63) is 12.1 Å². The third-order valence-corrected chi connectivity index (χ3v) is 3.54. The van der Waals surface area contributed by atoms with E-state index in [4.69, 9.17) is 15.2 Å². The minimum absolute atomic E-state index is 0.430. The fraction of sp³-hybridized carbons (Fsp3) is 0.571. The summed E-state index contributed by atoms with van der Waals surface area (Å²) < 4.78 is 10.5. The number of hydrogen-bond acceptors (Lipinski definition) is 5. The molecule has 2 rings (SSSR count). The van der Waals surface area contributed by atoms with Crippen LogP contribution in [0.4, 0.5) is 11.4 Å². The average Bonchev–Trinajstić information content (AvgIpc) is 2.40. The molecule has 1 aliphatic rings. The molecular weight excluding hydrogens is 242 g/mol. The highest BCUT2D eigenvalue weighted by atomic mass is 16.5. The maximum absolute atomic E-state index is 6.06. The van der Waals surface area contributed by atoms with Crippen molar-refractivity contribution in [2.75, 3.05) is 45.4 Å². The summed E-state index contributed by atoms with van der Waals surface area (Å²) in [6.07, 6.45) is 2.37. The number of rotatable bonds is 4. The van der Waals surface area contributed by atoms with E-state index in [1.54, 1.807) is 20.3 Å². The van der Waals surface area contributed by atoms with E-state index in [1.165, 1.54) is 13.0 Å². The SMILES string of the molecule is COc1cc(N)c(NC2CCCN(C)C2)cc1OC. The quantitative estimate of drug-likeness (QED) is 0.813. The van der Waals surface area contributed by atoms with Crippen LogP contribution in [0, 0.1) is 0 Å². The fourth-order valence-electron chi connectivity index (χ4n) is 2.52. The normalized spacial score (nSPS) is 20.1. The van der Waals surface area contributed by atoms with Gasteiger partial charge in [-0.1, -0.05) is 0 Å². The van der Waals surface area contributed by atoms with Gasteiger partial charge in [0.2, 0.25) is 0 Å². The van der Waals surface area contributed by atoms with Crippen molar-refractivity contribution in [3.63, 3.8) is 0 Å². The number of nitrogens with two attached hydrogens (primary N) is 1. The number of anilines is 2. The third kappa shape index (κ3) is 3.23. The number of likely N-dealkylation sites (tertiary alicyclic amines) is 1. The van der Waals surface area contributed by atoms with Gasteiger partial charge in [0.15, 0.2) is 11.5 Å². The van der Waals surface area contributed by atoms with Gasteiger partial charge >= 0.3 is 0 Å². The monoisotopic (exact) mass is 265 g/mol. The van der Waals surface area contributed by atoms with Gasteiger partial charge in [-0.15, -0.1) is 0 Å². The molecule has 0 aromatic heterocycles. The Balaban J connectivity index is 2.15. The van der Waals surface area contributed by atoms with E-state index >= 15 is 0 Å². The lowest BCUT2D eigenvalue weighted by Crippen LogP contribution is -2.39. The first-order chi connectivity index (χ1) is 9.13. The summed E-state index contributed by atoms with van der Waals surface area (Å²) in [4.78, 5) is 2.33. The van der Waals surface area contributed by atoms with Crippen molar-refractivity contribution in [1.82, 2.24) is 4.90 Å². The molecule has 1 atom stereocenters. The molecule has 5 nitrogen and oxygen atoms in total. The zero-order valence-electron chi connectivity index (χ0n) is 11.9. The van der Waals surface area contributed by atoms with Crippen LogP contribution in [-0.4, -0.2) is 45.3 Å². The van der Waals surface area contributed by atoms with E-state index in [0.29, 0.717) is 23.2 Å². The zero-order chi connectivity index (χ0) is 13.8. The Kier molecular flexibility index (Phi) is 4.37. The van der Waals surface area contributed by atoms with Crippen LogP contribution in [0.1, 0.15) is 12.8 Å². The van der Waals surface area contributed by atoms with E-state index in [1.807, 2.05) is 6.07 Å². The van der Waals surface area contributed by atoms with Crippen LogP contribution in [0.2, 0.25) is 0 Å². The molecule has 5 heteroatoms. The van der Waals surface area contributed by atoms with Crippen molar-refractivity contribution >= 4 is 11.4 Å². The van der Waals surface area contributed by atoms with E-state index in [9.17, 15) is 0 Å². The molecule has 1 aromatic rings. The van der Waals surface area contributed by atoms with E-state index < -0.39 is 0 Å². The van der Waals surface area contributed by atoms with Crippen LogP contribution in [0.3, 0.4) is 0 Å². The summed E-state index contributed by atoms with van der Waals surface area (Å²) in [7, 11) is 5.39. The average molecular weight is 265 g/mol. The Hall–Kier alpha value is -1.62. The maximum Gasteiger partial charge on any atom is 0.162 e. The van der Waals surface area contributed by atoms with Gasteiger partial charge in [0.05, 0.1) is 25.6 Å². The van der Waals surface area contributed by atoms with Crippen LogP contribution < -0.4 is 20.5 Å². The van der Waals surface area contributed by atoms with Gasteiger partial charge in [-0.2, -0.15) is 0 Å². The standard InChI is InChI=1S/C14H23N3O2/c1-17-6-4-5-10(9-17)16-12-8-14(19-3)13(18-2)7-11(12)15/h7-8,10,16H,4-6,9,15H2,1-3H3. The topological polar surface area (TPSA) is 59.8 Å². The molecule has 0 aliphatic carbocycles. The lowest BCUT2D eigenvalue weighted by Gasteiger charge is -2.31. The minimum Gasteiger partial charge on any atom is -0.493 e. The highest BCUT2D eigenvalue weighted by Crippen LogP contribution is 2.35. The summed E-state index contributed by atoms with van der Waals surface area (Å²) >= 11 is 0. The largest absolute Gasteiger partial charge is 0.493 e. The summed E-state index contributed by atoms with van der Waals surface area (Å²) in [5.74, 6) is 1.36. The molecular formula is C14H23N3O2. The molecule has 19 heavy (non-hydrogen) atoms. The fourth-order valence-corrected chi connectivity index (χ4v) is 2.52. The Bertz CT molecular complexity index is 437. The highest BCUT2D eigenvalue weighted by Gasteiger charge is 2.18. The zero-order valence-corrected chi connectivity index (χ0v) is 11.9. The number of nitrogens with one attached hydrogen (secondary N) is 1. The van der Waals surface area contributed by atoms with Gasteiger partial charge in [-0.25, -0.2) is 0 Å². The smallest absolute Gasteiger partial charge is 0.162 e. The molecule has 3 N–H and O–H groups in total. The molecule has 0 bridgehead atoms. The summed E-state index contributed by atoms with van der Waals surface area (Å²) in [6.45, 7) is 2.20. The third-order valence-electron chi connectivity index (χ3n) is 3.54. The molecule has 1 aliphatic heterocycles. The Morgan fingerprint density at radius 2 is 1.95 bits per heavy atom. The second kappa shape index (κ2) is 6.02. The molecule has 1 aromatic carbocycles. The molecule has 106 valence electrons. The number of benzene rings is 1. The number of nitrogen functional groups attached to an aromatic ring is 1. The summed E-state index contributed by atoms with van der Waals surface area (Å²) in [6, 6.07) is 4.13. The highest BCUT2D eigenvalue weighted by molar-refractivity contribution is 5.72. The first-order valence-electron chi connectivity index (χ1n) is 6.60. The number of ether oxygens (including phenoxy) is 2. The van der Waals surface area contributed by atoms with Crippen LogP contribution in [0.5, 0.6) is 11.5 Å². The number of piperidine rings is 1. The lowest BCUT2D eigenvalue weighted by molar-refractivity contribution is 0.261. The predicted octanol–water partition coefficient (Wildman–Crippen LogP) is 1.79. The van der Waals surface area contributed by atoms with Crippen LogP contribution in [-0.2, 0) is 0 Å². The van der Waals surface area contributed by atoms with Gasteiger partial charge in [-0.3, -0.25) is 0 Å². The van der Waals surface area contributed by atoms with Crippen molar-refractivity contribution in [3.8, 4) is 11.5 Å². The Labute approximate surface area is 114 Å². The Morgan fingerprint density at radius 3 is 2.58 bits per heavy atom. The molecule has 0 amide bonds. The number of hydrogen-bond donors (Lipinski definition) is 2. The van der Waals surface area contributed by atoms with Gasteiger partial charge in [-0.05, 0) is 26.4 Å². The van der Waals surface area contributed by atoms with Crippen molar-refractivity contribution in [2.45, 2.75) is 18.9 Å². The first-order valence-corrected chi connectivity index (χ1v) is 6.60. The van der Waals surface area contributed by atoms with Crippen molar-refractivity contribution in [1.29, 1.82) is 0 Å². The summed E-state index contributed by atoms with van der Waals surface area (Å²) in [5, 5.41) is 3.50. The van der Waals surface area contributed by atoms with Gasteiger partial charge in [0.1, 0.15) is 0 Å².